The van der Waals surface area contributed by atoms with E-state index in [1.807, 2.05) is 0 Å². The van der Waals surface area contributed by atoms with Crippen molar-refractivity contribution in [3.63, 3.8) is 0 Å². The average molecular weight is 298 g/mol. The van der Waals surface area contributed by atoms with Crippen molar-refractivity contribution in [2.24, 2.45) is 0 Å². The highest BCUT2D eigenvalue weighted by Crippen LogP contribution is 2.11. The number of carboxylic acid groups (broad SMARTS) is 1. The molecule has 0 radical (unpaired) electrons. The Morgan fingerprint density at radius 2 is 2.21 bits per heavy atom. The second-order valence-corrected chi connectivity index (χ2v) is 5.24. The van der Waals surface area contributed by atoms with Gasteiger partial charge in [0.15, 0.2) is 10.8 Å². The lowest BCUT2D eigenvalue weighted by Crippen LogP contribution is -2.30. The van der Waals surface area contributed by atoms with Crippen molar-refractivity contribution in [3.8, 4) is 0 Å². The Morgan fingerprint density at radius 3 is 2.84 bits per heavy atom. The van der Waals surface area contributed by atoms with E-state index in [4.69, 9.17) is 5.11 Å². The minimum absolute atomic E-state index is 0.0345. The van der Waals surface area contributed by atoms with Crippen LogP contribution in [0.15, 0.2) is 17.0 Å². The molecule has 19 heavy (non-hydrogen) atoms. The molecular weight excluding hydrogens is 288 g/mol. The van der Waals surface area contributed by atoms with Crippen LogP contribution in [0, 0.1) is 0 Å². The van der Waals surface area contributed by atoms with Crippen LogP contribution in [0.25, 0.3) is 0 Å². The lowest BCUT2D eigenvalue weighted by molar-refractivity contribution is 0.0691. The largest absolute Gasteiger partial charge is 0.476 e. The van der Waals surface area contributed by atoms with Gasteiger partial charge in [-0.25, -0.2) is 19.6 Å². The SMILES string of the molecule is O=C(NCCc1nc(C(=O)O)cs1)Nc1nccs1. The number of hydrogen-bond acceptors (Lipinski definition) is 6. The fourth-order valence-corrected chi connectivity index (χ4v) is 2.53. The van der Waals surface area contributed by atoms with Gasteiger partial charge in [-0.3, -0.25) is 5.32 Å². The Labute approximate surface area is 116 Å². The van der Waals surface area contributed by atoms with Crippen LogP contribution in [0.4, 0.5) is 9.93 Å². The summed E-state index contributed by atoms with van der Waals surface area (Å²) in [7, 11) is 0. The van der Waals surface area contributed by atoms with E-state index in [9.17, 15) is 9.59 Å². The van der Waals surface area contributed by atoms with Crippen LogP contribution in [0.5, 0.6) is 0 Å². The molecule has 0 aliphatic carbocycles. The summed E-state index contributed by atoms with van der Waals surface area (Å²) in [6.45, 7) is 0.379. The third-order valence-electron chi connectivity index (χ3n) is 2.05. The molecule has 2 aromatic rings. The van der Waals surface area contributed by atoms with Crippen LogP contribution in [-0.4, -0.2) is 33.6 Å². The Balaban J connectivity index is 1.73. The van der Waals surface area contributed by atoms with Crippen LogP contribution in [-0.2, 0) is 6.42 Å². The van der Waals surface area contributed by atoms with E-state index in [0.717, 1.165) is 0 Å². The summed E-state index contributed by atoms with van der Waals surface area (Å²) in [6.07, 6.45) is 2.09. The zero-order chi connectivity index (χ0) is 13.7. The van der Waals surface area contributed by atoms with Gasteiger partial charge < -0.3 is 10.4 Å². The van der Waals surface area contributed by atoms with Crippen LogP contribution < -0.4 is 10.6 Å². The lowest BCUT2D eigenvalue weighted by Gasteiger charge is -2.03. The number of rotatable bonds is 5. The van der Waals surface area contributed by atoms with Crippen molar-refractivity contribution in [3.05, 3.63) is 27.7 Å². The quantitative estimate of drug-likeness (QED) is 0.778. The molecule has 3 N–H and O–H groups in total. The van der Waals surface area contributed by atoms with Gasteiger partial charge in [-0.2, -0.15) is 0 Å². The molecule has 0 spiro atoms. The number of carbonyl (C=O) groups is 2. The predicted octanol–water partition coefficient (Wildman–Crippen LogP) is 1.66. The lowest BCUT2D eigenvalue weighted by atomic mass is 10.4. The summed E-state index contributed by atoms with van der Waals surface area (Å²) in [5, 5.41) is 18.4. The zero-order valence-corrected chi connectivity index (χ0v) is 11.3. The molecule has 0 atom stereocenters. The van der Waals surface area contributed by atoms with Crippen molar-refractivity contribution in [2.75, 3.05) is 11.9 Å². The highest BCUT2D eigenvalue weighted by Gasteiger charge is 2.09. The average Bonchev–Trinajstić information content (AvgIpc) is 3.00. The topological polar surface area (TPSA) is 104 Å². The molecule has 0 fully saturated rings. The van der Waals surface area contributed by atoms with E-state index in [0.29, 0.717) is 23.1 Å². The Bertz CT molecular complexity index is 567. The number of nitrogens with zero attached hydrogens (tertiary/aromatic N) is 2. The number of carboxylic acids is 1. The van der Waals surface area contributed by atoms with Crippen molar-refractivity contribution in [2.45, 2.75) is 6.42 Å². The van der Waals surface area contributed by atoms with Gasteiger partial charge in [0.1, 0.15) is 0 Å². The summed E-state index contributed by atoms with van der Waals surface area (Å²) in [5.74, 6) is -1.04. The van der Waals surface area contributed by atoms with Crippen LogP contribution in [0.2, 0.25) is 0 Å². The van der Waals surface area contributed by atoms with E-state index in [1.54, 1.807) is 11.6 Å². The molecule has 7 nitrogen and oxygen atoms in total. The van der Waals surface area contributed by atoms with Crippen molar-refractivity contribution < 1.29 is 14.7 Å². The highest BCUT2D eigenvalue weighted by molar-refractivity contribution is 7.13. The van der Waals surface area contributed by atoms with Gasteiger partial charge in [-0.15, -0.1) is 22.7 Å². The second-order valence-electron chi connectivity index (χ2n) is 3.40. The molecule has 0 aliphatic heterocycles. The fraction of sp³-hybridized carbons (Fsp3) is 0.200. The number of nitrogens with one attached hydrogen (secondary N) is 2. The first-order valence-electron chi connectivity index (χ1n) is 5.27. The van der Waals surface area contributed by atoms with E-state index in [1.165, 1.54) is 28.1 Å². The highest BCUT2D eigenvalue weighted by atomic mass is 32.1. The smallest absolute Gasteiger partial charge is 0.355 e. The maximum absolute atomic E-state index is 11.4. The van der Waals surface area contributed by atoms with Gasteiger partial charge in [0, 0.05) is 29.9 Å². The van der Waals surface area contributed by atoms with Gasteiger partial charge >= 0.3 is 12.0 Å². The number of aromatic carboxylic acids is 1. The molecule has 0 bridgehead atoms. The number of hydrogen-bond donors (Lipinski definition) is 3. The van der Waals surface area contributed by atoms with Crippen molar-refractivity contribution in [1.29, 1.82) is 0 Å². The van der Waals surface area contributed by atoms with E-state index < -0.39 is 5.97 Å². The maximum atomic E-state index is 11.4. The molecule has 0 saturated heterocycles. The van der Waals surface area contributed by atoms with Gasteiger partial charge in [0.05, 0.1) is 5.01 Å². The summed E-state index contributed by atoms with van der Waals surface area (Å²) < 4.78 is 0. The molecule has 0 unspecified atom stereocenters. The summed E-state index contributed by atoms with van der Waals surface area (Å²) in [5.41, 5.74) is 0.0345. The van der Waals surface area contributed by atoms with Gasteiger partial charge in [0.2, 0.25) is 0 Å². The van der Waals surface area contributed by atoms with Crippen LogP contribution in [0.3, 0.4) is 0 Å². The molecule has 2 amide bonds. The third kappa shape index (κ3) is 4.00. The van der Waals surface area contributed by atoms with E-state index in [2.05, 4.69) is 20.6 Å². The molecule has 0 aliphatic rings. The Morgan fingerprint density at radius 1 is 1.37 bits per heavy atom. The van der Waals surface area contributed by atoms with Crippen LogP contribution >= 0.6 is 22.7 Å². The summed E-state index contributed by atoms with van der Waals surface area (Å²) in [6, 6.07) is -0.343. The normalized spacial score (nSPS) is 10.1. The van der Waals surface area contributed by atoms with Crippen molar-refractivity contribution >= 4 is 39.8 Å². The van der Waals surface area contributed by atoms with Crippen LogP contribution in [0.1, 0.15) is 15.5 Å². The third-order valence-corrected chi connectivity index (χ3v) is 3.65. The monoisotopic (exact) mass is 298 g/mol. The van der Waals surface area contributed by atoms with Crippen molar-refractivity contribution in [1.82, 2.24) is 15.3 Å². The molecule has 0 aromatic carbocycles. The number of thiazole rings is 2. The molecule has 9 heteroatoms. The van der Waals surface area contributed by atoms with Gasteiger partial charge in [-0.1, -0.05) is 0 Å². The molecule has 2 rings (SSSR count). The zero-order valence-electron chi connectivity index (χ0n) is 9.62. The first-order valence-corrected chi connectivity index (χ1v) is 7.03. The summed E-state index contributed by atoms with van der Waals surface area (Å²) in [4.78, 5) is 29.9. The molecule has 2 aromatic heterocycles. The van der Waals surface area contributed by atoms with E-state index in [-0.39, 0.29) is 11.7 Å². The molecule has 0 saturated carbocycles. The second kappa shape index (κ2) is 6.25. The fourth-order valence-electron chi connectivity index (χ4n) is 1.23. The number of amides is 2. The van der Waals surface area contributed by atoms with Gasteiger partial charge in [-0.05, 0) is 0 Å². The van der Waals surface area contributed by atoms with Gasteiger partial charge in [0.25, 0.3) is 0 Å². The first kappa shape index (κ1) is 13.4. The molecule has 2 heterocycles. The summed E-state index contributed by atoms with van der Waals surface area (Å²) >= 11 is 2.59. The Hall–Kier alpha value is -2.00. The number of aromatic nitrogens is 2. The number of anilines is 1. The predicted molar refractivity (Wildman–Crippen MR) is 71.9 cm³/mol. The van der Waals surface area contributed by atoms with E-state index >= 15 is 0 Å². The standard InChI is InChI=1S/C10H10N4O3S2/c15-8(16)6-5-19-7(13-6)1-2-11-9(17)14-10-12-3-4-18-10/h3-5H,1-2H2,(H,15,16)(H2,11,12,14,17). The maximum Gasteiger partial charge on any atom is 0.355 e. The Kier molecular flexibility index (Phi) is 4.42. The first-order chi connectivity index (χ1) is 9.15. The molecular formula is C10H10N4O3S2. The minimum atomic E-state index is -1.04. The number of carbonyl (C=O) groups excluding carboxylic acids is 1. The number of urea groups is 1. The minimum Gasteiger partial charge on any atom is -0.476 e. The molecule has 100 valence electrons.